The van der Waals surface area contributed by atoms with Crippen molar-refractivity contribution in [2.24, 2.45) is 0 Å². The second-order valence-electron chi connectivity index (χ2n) is 4.43. The third kappa shape index (κ3) is 4.99. The normalized spacial score (nSPS) is 11.1. The smallest absolute Gasteiger partial charge is 0.407 e. The number of aromatic nitrogens is 1. The molecule has 1 aromatic heterocycles. The molecule has 0 saturated heterocycles. The molecule has 1 rings (SSSR count). The van der Waals surface area contributed by atoms with Crippen LogP contribution in [0.15, 0.2) is 12.1 Å². The molecule has 0 bridgehead atoms. The number of rotatable bonds is 2. The number of pyridine rings is 1. The van der Waals surface area contributed by atoms with Crippen molar-refractivity contribution in [3.05, 3.63) is 28.8 Å². The van der Waals surface area contributed by atoms with Crippen LogP contribution < -0.4 is 5.32 Å². The summed E-state index contributed by atoms with van der Waals surface area (Å²) in [5, 5.41) is 2.42. The number of nitrogens with zero attached hydrogens (tertiary/aromatic N) is 1. The van der Waals surface area contributed by atoms with Gasteiger partial charge in [-0.25, -0.2) is 9.78 Å². The molecule has 1 aromatic rings. The quantitative estimate of drug-likeness (QED) is 0.832. The first-order chi connectivity index (χ1) is 7.78. The molecule has 1 heterocycles. The van der Waals surface area contributed by atoms with Gasteiger partial charge in [0.1, 0.15) is 5.60 Å². The van der Waals surface area contributed by atoms with Gasteiger partial charge >= 0.3 is 6.09 Å². The molecule has 94 valence electrons. The van der Waals surface area contributed by atoms with E-state index in [1.807, 2.05) is 0 Å². The highest BCUT2D eigenvalue weighted by Crippen LogP contribution is 2.12. The lowest BCUT2D eigenvalue weighted by Gasteiger charge is -2.19. The topological polar surface area (TPSA) is 51.2 Å². The fourth-order valence-electron chi connectivity index (χ4n) is 1.03. The largest absolute Gasteiger partial charge is 0.444 e. The second kappa shape index (κ2) is 5.31. The number of ether oxygens (including phenoxy) is 1. The lowest BCUT2D eigenvalue weighted by atomic mass is 10.2. The van der Waals surface area contributed by atoms with E-state index in [2.05, 4.69) is 10.3 Å². The van der Waals surface area contributed by atoms with Gasteiger partial charge in [-0.05, 0) is 32.9 Å². The van der Waals surface area contributed by atoms with Crippen molar-refractivity contribution >= 4 is 17.7 Å². The molecule has 0 fully saturated rings. The van der Waals surface area contributed by atoms with Gasteiger partial charge in [0.2, 0.25) is 5.95 Å². The molecule has 0 spiro atoms. The molecule has 4 nitrogen and oxygen atoms in total. The number of halogens is 2. The van der Waals surface area contributed by atoms with E-state index in [1.165, 1.54) is 12.1 Å². The summed E-state index contributed by atoms with van der Waals surface area (Å²) in [6.45, 7) is 5.36. The Hall–Kier alpha value is -1.36. The van der Waals surface area contributed by atoms with Crippen LogP contribution in [0.3, 0.4) is 0 Å². The Morgan fingerprint density at radius 3 is 2.71 bits per heavy atom. The Kier molecular flexibility index (Phi) is 4.28. The lowest BCUT2D eigenvalue weighted by Crippen LogP contribution is -2.32. The minimum atomic E-state index is -0.754. The van der Waals surface area contributed by atoms with Gasteiger partial charge in [0.15, 0.2) is 0 Å². The van der Waals surface area contributed by atoms with Crippen LogP contribution in [0, 0.1) is 5.95 Å². The standard InChI is InChI=1S/C11H14ClFN2O2/c1-11(2,3)17-10(16)14-6-7-4-5-8(12)9(13)15-7/h4-5H,6H2,1-3H3,(H,14,16). The van der Waals surface area contributed by atoms with E-state index < -0.39 is 17.6 Å². The molecule has 0 aliphatic carbocycles. The van der Waals surface area contributed by atoms with Gasteiger partial charge in [-0.2, -0.15) is 4.39 Å². The predicted molar refractivity (Wildman–Crippen MR) is 62.3 cm³/mol. The van der Waals surface area contributed by atoms with E-state index in [0.29, 0.717) is 5.69 Å². The Balaban J connectivity index is 2.50. The fourth-order valence-corrected chi connectivity index (χ4v) is 1.14. The average Bonchev–Trinajstić information content (AvgIpc) is 2.17. The third-order valence-corrected chi connectivity index (χ3v) is 1.96. The van der Waals surface area contributed by atoms with Crippen molar-refractivity contribution < 1.29 is 13.9 Å². The summed E-state index contributed by atoms with van der Waals surface area (Å²) in [5.41, 5.74) is -0.194. The van der Waals surface area contributed by atoms with E-state index in [-0.39, 0.29) is 11.6 Å². The molecule has 0 aliphatic rings. The first-order valence-electron chi connectivity index (χ1n) is 5.06. The van der Waals surface area contributed by atoms with Gasteiger partial charge in [-0.15, -0.1) is 0 Å². The first kappa shape index (κ1) is 13.7. The maximum Gasteiger partial charge on any atom is 0.407 e. The van der Waals surface area contributed by atoms with Gasteiger partial charge in [0.05, 0.1) is 17.3 Å². The summed E-state index contributed by atoms with van der Waals surface area (Å²) < 4.78 is 18.0. The van der Waals surface area contributed by atoms with Crippen LogP contribution in [-0.2, 0) is 11.3 Å². The SMILES string of the molecule is CC(C)(C)OC(=O)NCc1ccc(Cl)c(F)n1. The van der Waals surface area contributed by atoms with Gasteiger partial charge < -0.3 is 10.1 Å². The Bertz CT molecular complexity index is 418. The van der Waals surface area contributed by atoms with E-state index in [4.69, 9.17) is 16.3 Å². The van der Waals surface area contributed by atoms with E-state index in [0.717, 1.165) is 0 Å². The summed E-state index contributed by atoms with van der Waals surface area (Å²) >= 11 is 5.48. The predicted octanol–water partition coefficient (Wildman–Crippen LogP) is 2.90. The molecule has 0 aromatic carbocycles. The van der Waals surface area contributed by atoms with Crippen LogP contribution in [0.25, 0.3) is 0 Å². The number of carbonyl (C=O) groups excluding carboxylic acids is 1. The molecule has 17 heavy (non-hydrogen) atoms. The number of carbonyl (C=O) groups is 1. The van der Waals surface area contributed by atoms with Crippen LogP contribution in [0.2, 0.25) is 5.02 Å². The van der Waals surface area contributed by atoms with E-state index >= 15 is 0 Å². The maximum atomic E-state index is 13.0. The van der Waals surface area contributed by atoms with E-state index in [9.17, 15) is 9.18 Å². The number of hydrogen-bond acceptors (Lipinski definition) is 3. The lowest BCUT2D eigenvalue weighted by molar-refractivity contribution is 0.0522. The van der Waals surface area contributed by atoms with Crippen molar-refractivity contribution in [3.63, 3.8) is 0 Å². The highest BCUT2D eigenvalue weighted by Gasteiger charge is 2.15. The van der Waals surface area contributed by atoms with Crippen LogP contribution in [0.4, 0.5) is 9.18 Å². The highest BCUT2D eigenvalue weighted by atomic mass is 35.5. The van der Waals surface area contributed by atoms with E-state index in [1.54, 1.807) is 20.8 Å². The summed E-state index contributed by atoms with van der Waals surface area (Å²) in [4.78, 5) is 14.9. The second-order valence-corrected chi connectivity index (χ2v) is 4.84. The molecule has 1 amide bonds. The van der Waals surface area contributed by atoms with Gasteiger partial charge in [0, 0.05) is 0 Å². The molecule has 6 heteroatoms. The minimum absolute atomic E-state index is 0.0500. The van der Waals surface area contributed by atoms with Gasteiger partial charge in [0.25, 0.3) is 0 Å². The molecular weight excluding hydrogens is 247 g/mol. The van der Waals surface area contributed by atoms with Crippen molar-refractivity contribution in [2.45, 2.75) is 32.9 Å². The fraction of sp³-hybridized carbons (Fsp3) is 0.455. The third-order valence-electron chi connectivity index (χ3n) is 1.67. The highest BCUT2D eigenvalue weighted by molar-refractivity contribution is 6.30. The number of hydrogen-bond donors (Lipinski definition) is 1. The van der Waals surface area contributed by atoms with Crippen LogP contribution in [0.5, 0.6) is 0 Å². The maximum absolute atomic E-state index is 13.0. The van der Waals surface area contributed by atoms with Gasteiger partial charge in [-0.1, -0.05) is 11.6 Å². The zero-order valence-electron chi connectivity index (χ0n) is 9.88. The average molecular weight is 261 g/mol. The molecule has 0 atom stereocenters. The van der Waals surface area contributed by atoms with Crippen molar-refractivity contribution in [3.8, 4) is 0 Å². The summed E-state index contributed by atoms with van der Waals surface area (Å²) in [6, 6.07) is 2.92. The van der Waals surface area contributed by atoms with Crippen molar-refractivity contribution in [1.82, 2.24) is 10.3 Å². The number of alkyl carbamates (subject to hydrolysis) is 1. The van der Waals surface area contributed by atoms with Crippen LogP contribution >= 0.6 is 11.6 Å². The molecule has 1 N–H and O–H groups in total. The molecule has 0 saturated carbocycles. The van der Waals surface area contributed by atoms with Gasteiger partial charge in [-0.3, -0.25) is 0 Å². The monoisotopic (exact) mass is 260 g/mol. The zero-order valence-corrected chi connectivity index (χ0v) is 10.6. The van der Waals surface area contributed by atoms with Crippen molar-refractivity contribution in [2.75, 3.05) is 0 Å². The summed E-state index contributed by atoms with van der Waals surface area (Å²) in [6.07, 6.45) is -0.574. The first-order valence-corrected chi connectivity index (χ1v) is 5.43. The Morgan fingerprint density at radius 1 is 1.53 bits per heavy atom. The number of nitrogens with one attached hydrogen (secondary N) is 1. The van der Waals surface area contributed by atoms with Crippen molar-refractivity contribution in [1.29, 1.82) is 0 Å². The number of amides is 1. The van der Waals surface area contributed by atoms with Crippen LogP contribution in [0.1, 0.15) is 26.5 Å². The molecular formula is C11H14ClFN2O2. The molecule has 0 aliphatic heterocycles. The Labute approximate surface area is 104 Å². The summed E-state index contributed by atoms with van der Waals surface area (Å²) in [5.74, 6) is -0.754. The van der Waals surface area contributed by atoms with Crippen LogP contribution in [-0.4, -0.2) is 16.7 Å². The summed E-state index contributed by atoms with van der Waals surface area (Å²) in [7, 11) is 0. The Morgan fingerprint density at radius 2 is 2.18 bits per heavy atom. The molecule has 0 unspecified atom stereocenters. The minimum Gasteiger partial charge on any atom is -0.444 e. The zero-order chi connectivity index (χ0) is 13.1. The molecule has 0 radical (unpaired) electrons.